The Kier molecular flexibility index (Phi) is 5.49. The summed E-state index contributed by atoms with van der Waals surface area (Å²) in [7, 11) is -2.99. The molecule has 0 aromatic heterocycles. The lowest BCUT2D eigenvalue weighted by atomic mass is 9.80. The van der Waals surface area contributed by atoms with Crippen molar-refractivity contribution in [2.45, 2.75) is 33.0 Å². The van der Waals surface area contributed by atoms with Crippen molar-refractivity contribution in [1.29, 1.82) is 0 Å². The minimum atomic E-state index is -2.99. The zero-order chi connectivity index (χ0) is 22.2. The van der Waals surface area contributed by atoms with E-state index in [1.165, 1.54) is 0 Å². The third-order valence-electron chi connectivity index (χ3n) is 6.26. The van der Waals surface area contributed by atoms with Gasteiger partial charge in [0.1, 0.15) is 0 Å². The molecule has 0 saturated carbocycles. The van der Waals surface area contributed by atoms with Gasteiger partial charge in [0.2, 0.25) is 0 Å². The summed E-state index contributed by atoms with van der Waals surface area (Å²) in [6.45, 7) is 7.11. The first-order valence-corrected chi connectivity index (χ1v) is 13.0. The maximum absolute atomic E-state index is 7.14. The van der Waals surface area contributed by atoms with Gasteiger partial charge in [-0.15, -0.1) is 0 Å². The van der Waals surface area contributed by atoms with Gasteiger partial charge in [0.05, 0.1) is 17.7 Å². The van der Waals surface area contributed by atoms with Crippen LogP contribution in [-0.2, 0) is 13.7 Å². The molecule has 3 aromatic carbocycles. The number of hydrogen-bond acceptors (Lipinski definition) is 4. The highest BCUT2D eigenvalue weighted by Gasteiger charge is 2.55. The molecular weight excluding hydrogens is 414 g/mol. The van der Waals surface area contributed by atoms with E-state index >= 15 is 0 Å². The van der Waals surface area contributed by atoms with Gasteiger partial charge >= 0.3 is 8.56 Å². The van der Waals surface area contributed by atoms with E-state index in [0.29, 0.717) is 6.61 Å². The van der Waals surface area contributed by atoms with Crippen LogP contribution in [0.25, 0.3) is 0 Å². The SMILES string of the molecule is CC(C)(C)[C@H]1O[Si](c2ccccc2)(c2ccccc2)OC[C@H]2C1=NO[C@@H]2c1ccccc1. The summed E-state index contributed by atoms with van der Waals surface area (Å²) in [5.41, 5.74) is 1.88. The molecule has 0 N–H and O–H groups in total. The van der Waals surface area contributed by atoms with Crippen molar-refractivity contribution in [2.24, 2.45) is 16.5 Å². The predicted molar refractivity (Wildman–Crippen MR) is 129 cm³/mol. The molecule has 0 spiro atoms. The third-order valence-corrected chi connectivity index (χ3v) is 9.59. The standard InChI is InChI=1S/C27H29NO3Si/c1-27(2,3)26-24-23(25(30-28-24)20-13-7-4-8-14-20)19-29-32(31-26,21-15-9-5-10-16-21)22-17-11-6-12-18-22/h4-18,23,25-26H,19H2,1-3H3/t23-,25+,26-/m0/s1. The fourth-order valence-corrected chi connectivity index (χ4v) is 8.13. The fourth-order valence-electron chi connectivity index (χ4n) is 4.64. The minimum absolute atomic E-state index is 0.00317. The molecule has 0 amide bonds. The Bertz CT molecular complexity index is 1040. The Morgan fingerprint density at radius 2 is 1.31 bits per heavy atom. The van der Waals surface area contributed by atoms with Crippen LogP contribution in [0.2, 0.25) is 0 Å². The van der Waals surface area contributed by atoms with E-state index in [1.54, 1.807) is 0 Å². The summed E-state index contributed by atoms with van der Waals surface area (Å²) >= 11 is 0. The van der Waals surface area contributed by atoms with E-state index in [9.17, 15) is 0 Å². The van der Waals surface area contributed by atoms with Gasteiger partial charge < -0.3 is 13.7 Å². The Balaban J connectivity index is 1.64. The highest BCUT2D eigenvalue weighted by Crippen LogP contribution is 2.41. The Hall–Kier alpha value is -2.73. The molecule has 5 rings (SSSR count). The van der Waals surface area contributed by atoms with Crippen molar-refractivity contribution in [3.8, 4) is 0 Å². The van der Waals surface area contributed by atoms with Gasteiger partial charge in [0.15, 0.2) is 6.10 Å². The molecule has 4 nitrogen and oxygen atoms in total. The second-order valence-electron chi connectivity index (χ2n) is 9.58. The van der Waals surface area contributed by atoms with Crippen molar-refractivity contribution >= 4 is 24.6 Å². The molecule has 2 aliphatic heterocycles. The maximum atomic E-state index is 7.14. The summed E-state index contributed by atoms with van der Waals surface area (Å²) in [6.07, 6.45) is -0.396. The highest BCUT2D eigenvalue weighted by atomic mass is 28.4. The third kappa shape index (κ3) is 3.70. The fraction of sp³-hybridized carbons (Fsp3) is 0.296. The second kappa shape index (κ2) is 8.32. The van der Waals surface area contributed by atoms with Crippen LogP contribution in [0.1, 0.15) is 32.4 Å². The summed E-state index contributed by atoms with van der Waals surface area (Å²) in [5, 5.41) is 6.83. The first-order chi connectivity index (χ1) is 15.5. The monoisotopic (exact) mass is 443 g/mol. The highest BCUT2D eigenvalue weighted by molar-refractivity contribution is 6.92. The molecule has 2 aliphatic rings. The van der Waals surface area contributed by atoms with Crippen LogP contribution in [0, 0.1) is 11.3 Å². The van der Waals surface area contributed by atoms with Gasteiger partial charge in [0.25, 0.3) is 0 Å². The van der Waals surface area contributed by atoms with E-state index in [0.717, 1.165) is 21.6 Å². The van der Waals surface area contributed by atoms with E-state index < -0.39 is 8.56 Å². The van der Waals surface area contributed by atoms with E-state index in [-0.39, 0.29) is 23.5 Å². The molecule has 0 unspecified atom stereocenters. The van der Waals surface area contributed by atoms with E-state index in [1.807, 2.05) is 30.3 Å². The zero-order valence-corrected chi connectivity index (χ0v) is 19.8. The molecule has 164 valence electrons. The molecule has 3 aromatic rings. The summed E-state index contributed by atoms with van der Waals surface area (Å²) in [5.74, 6) is 0.00317. The topological polar surface area (TPSA) is 40.0 Å². The Labute approximate surface area is 191 Å². The number of rotatable bonds is 3. The lowest BCUT2D eigenvalue weighted by molar-refractivity contribution is 0.0420. The molecular formula is C27H29NO3Si. The van der Waals surface area contributed by atoms with Crippen molar-refractivity contribution in [3.05, 3.63) is 96.6 Å². The van der Waals surface area contributed by atoms with E-state index in [2.05, 4.69) is 86.6 Å². The molecule has 1 fully saturated rings. The lowest BCUT2D eigenvalue weighted by Gasteiger charge is -2.37. The summed E-state index contributed by atoms with van der Waals surface area (Å²) in [4.78, 5) is 5.99. The largest absolute Gasteiger partial charge is 0.407 e. The molecule has 32 heavy (non-hydrogen) atoms. The molecule has 0 bridgehead atoms. The number of fused-ring (bicyclic) bond motifs is 1. The molecule has 2 heterocycles. The van der Waals surface area contributed by atoms with Crippen LogP contribution < -0.4 is 10.4 Å². The average molecular weight is 444 g/mol. The maximum Gasteiger partial charge on any atom is 0.407 e. The zero-order valence-electron chi connectivity index (χ0n) is 18.8. The van der Waals surface area contributed by atoms with Crippen LogP contribution >= 0.6 is 0 Å². The normalized spacial score (nSPS) is 24.7. The van der Waals surface area contributed by atoms with Crippen molar-refractivity contribution in [1.82, 2.24) is 0 Å². The summed E-state index contributed by atoms with van der Waals surface area (Å²) < 4.78 is 14.0. The average Bonchev–Trinajstić information content (AvgIpc) is 3.15. The Morgan fingerprint density at radius 3 is 1.84 bits per heavy atom. The quantitative estimate of drug-likeness (QED) is 0.562. The van der Waals surface area contributed by atoms with Crippen molar-refractivity contribution in [2.75, 3.05) is 6.61 Å². The molecule has 3 atom stereocenters. The van der Waals surface area contributed by atoms with Crippen LogP contribution in [-0.4, -0.2) is 27.0 Å². The predicted octanol–water partition coefficient (Wildman–Crippen LogP) is 4.45. The second-order valence-corrected chi connectivity index (χ2v) is 12.5. The van der Waals surface area contributed by atoms with Gasteiger partial charge in [-0.25, -0.2) is 0 Å². The van der Waals surface area contributed by atoms with Crippen LogP contribution in [0.4, 0.5) is 0 Å². The van der Waals surface area contributed by atoms with Gasteiger partial charge in [-0.05, 0) is 21.4 Å². The van der Waals surface area contributed by atoms with Gasteiger partial charge in [-0.3, -0.25) is 0 Å². The van der Waals surface area contributed by atoms with Gasteiger partial charge in [-0.2, -0.15) is 0 Å². The molecule has 1 saturated heterocycles. The molecule has 0 radical (unpaired) electrons. The van der Waals surface area contributed by atoms with Gasteiger partial charge in [-0.1, -0.05) is 117 Å². The first kappa shape index (κ1) is 21.1. The minimum Gasteiger partial charge on any atom is -0.387 e. The van der Waals surface area contributed by atoms with Crippen molar-refractivity contribution in [3.63, 3.8) is 0 Å². The summed E-state index contributed by atoms with van der Waals surface area (Å²) in [6, 6.07) is 31.1. The number of benzene rings is 3. The van der Waals surface area contributed by atoms with Crippen LogP contribution in [0.15, 0.2) is 96.2 Å². The molecule has 0 aliphatic carbocycles. The molecule has 5 heteroatoms. The van der Waals surface area contributed by atoms with Crippen LogP contribution in [0.5, 0.6) is 0 Å². The van der Waals surface area contributed by atoms with Crippen LogP contribution in [0.3, 0.4) is 0 Å². The number of oxime groups is 1. The number of hydrogen-bond donors (Lipinski definition) is 0. The first-order valence-electron chi connectivity index (χ1n) is 11.2. The number of nitrogens with zero attached hydrogens (tertiary/aromatic N) is 1. The van der Waals surface area contributed by atoms with E-state index in [4.69, 9.17) is 13.7 Å². The van der Waals surface area contributed by atoms with Gasteiger partial charge in [0, 0.05) is 6.61 Å². The smallest absolute Gasteiger partial charge is 0.387 e. The lowest BCUT2D eigenvalue weighted by Crippen LogP contribution is -2.65. The Morgan fingerprint density at radius 1 is 0.781 bits per heavy atom. The van der Waals surface area contributed by atoms with Crippen molar-refractivity contribution < 1.29 is 13.7 Å².